The zero-order chi connectivity index (χ0) is 14.9. The third-order valence-electron chi connectivity index (χ3n) is 3.15. The molecule has 0 saturated carbocycles. The van der Waals surface area contributed by atoms with Crippen LogP contribution >= 0.6 is 0 Å². The maximum Gasteiger partial charge on any atom is 0.194 e. The molecule has 106 valence electrons. The average Bonchev–Trinajstić information content (AvgIpc) is 2.44. The second-order valence-corrected chi connectivity index (χ2v) is 4.73. The Morgan fingerprint density at radius 3 is 2.35 bits per heavy atom. The molecular formula is C15H15F3N2. The van der Waals surface area contributed by atoms with Crippen molar-refractivity contribution in [3.63, 3.8) is 0 Å². The number of hydrogen-bond donors (Lipinski definition) is 1. The highest BCUT2D eigenvalue weighted by atomic mass is 19.2. The summed E-state index contributed by atoms with van der Waals surface area (Å²) in [6.07, 6.45) is 0. The van der Waals surface area contributed by atoms with Crippen molar-refractivity contribution in [2.24, 2.45) is 5.73 Å². The maximum absolute atomic E-state index is 13.8. The van der Waals surface area contributed by atoms with Crippen LogP contribution in [0.5, 0.6) is 0 Å². The van der Waals surface area contributed by atoms with Gasteiger partial charge in [-0.05, 0) is 23.8 Å². The Morgan fingerprint density at radius 2 is 1.70 bits per heavy atom. The minimum Gasteiger partial charge on any atom is -0.378 e. The van der Waals surface area contributed by atoms with Crippen LogP contribution in [0.1, 0.15) is 17.2 Å². The molecule has 0 saturated heterocycles. The van der Waals surface area contributed by atoms with Gasteiger partial charge in [0, 0.05) is 25.3 Å². The molecule has 1 atom stereocenters. The molecule has 0 spiro atoms. The molecule has 0 aliphatic heterocycles. The molecule has 0 aliphatic rings. The fourth-order valence-electron chi connectivity index (χ4n) is 1.96. The van der Waals surface area contributed by atoms with E-state index < -0.39 is 23.5 Å². The van der Waals surface area contributed by atoms with Crippen LogP contribution in [-0.2, 0) is 0 Å². The van der Waals surface area contributed by atoms with E-state index in [2.05, 4.69) is 0 Å². The first-order chi connectivity index (χ1) is 9.41. The Kier molecular flexibility index (Phi) is 3.99. The van der Waals surface area contributed by atoms with Gasteiger partial charge in [-0.1, -0.05) is 18.2 Å². The molecule has 2 rings (SSSR count). The van der Waals surface area contributed by atoms with Crippen molar-refractivity contribution in [2.75, 3.05) is 19.0 Å². The predicted octanol–water partition coefficient (Wildman–Crippen LogP) is 3.22. The number of nitrogens with zero attached hydrogens (tertiary/aromatic N) is 1. The Balaban J connectivity index is 2.44. The minimum absolute atomic E-state index is 0.0696. The molecule has 0 fully saturated rings. The Labute approximate surface area is 115 Å². The minimum atomic E-state index is -1.50. The SMILES string of the molecule is CN(C)c1cccc(C(N)c2ccc(F)c(F)c2F)c1. The van der Waals surface area contributed by atoms with Gasteiger partial charge in [0.15, 0.2) is 17.5 Å². The van der Waals surface area contributed by atoms with Crippen LogP contribution < -0.4 is 10.6 Å². The van der Waals surface area contributed by atoms with Gasteiger partial charge in [0.25, 0.3) is 0 Å². The van der Waals surface area contributed by atoms with Crippen LogP contribution in [0, 0.1) is 17.5 Å². The first kappa shape index (κ1) is 14.4. The lowest BCUT2D eigenvalue weighted by Crippen LogP contribution is -2.16. The van der Waals surface area contributed by atoms with E-state index >= 15 is 0 Å². The number of nitrogens with two attached hydrogens (primary N) is 1. The third kappa shape index (κ3) is 2.63. The molecule has 0 bridgehead atoms. The summed E-state index contributed by atoms with van der Waals surface area (Å²) in [4.78, 5) is 1.87. The molecule has 0 radical (unpaired) electrons. The van der Waals surface area contributed by atoms with E-state index in [9.17, 15) is 13.2 Å². The van der Waals surface area contributed by atoms with Crippen molar-refractivity contribution in [1.29, 1.82) is 0 Å². The lowest BCUT2D eigenvalue weighted by atomic mass is 9.98. The molecule has 0 heterocycles. The first-order valence-corrected chi connectivity index (χ1v) is 6.08. The zero-order valence-corrected chi connectivity index (χ0v) is 11.2. The van der Waals surface area contributed by atoms with E-state index in [0.717, 1.165) is 11.8 Å². The summed E-state index contributed by atoms with van der Waals surface area (Å²) in [5.74, 6) is -3.96. The van der Waals surface area contributed by atoms with E-state index in [1.165, 1.54) is 6.07 Å². The molecule has 1 unspecified atom stereocenters. The van der Waals surface area contributed by atoms with Crippen LogP contribution in [0.2, 0.25) is 0 Å². The van der Waals surface area contributed by atoms with Crippen molar-refractivity contribution in [2.45, 2.75) is 6.04 Å². The van der Waals surface area contributed by atoms with Crippen LogP contribution in [0.15, 0.2) is 36.4 Å². The molecule has 2 aromatic rings. The number of hydrogen-bond acceptors (Lipinski definition) is 2. The molecule has 20 heavy (non-hydrogen) atoms. The van der Waals surface area contributed by atoms with Gasteiger partial charge < -0.3 is 10.6 Å². The van der Waals surface area contributed by atoms with E-state index in [1.54, 1.807) is 18.2 Å². The molecular weight excluding hydrogens is 265 g/mol. The second-order valence-electron chi connectivity index (χ2n) is 4.73. The van der Waals surface area contributed by atoms with Crippen LogP contribution in [0.3, 0.4) is 0 Å². The van der Waals surface area contributed by atoms with Gasteiger partial charge in [-0.3, -0.25) is 0 Å². The van der Waals surface area contributed by atoms with Gasteiger partial charge >= 0.3 is 0 Å². The van der Waals surface area contributed by atoms with Gasteiger partial charge in [0.05, 0.1) is 6.04 Å². The van der Waals surface area contributed by atoms with E-state index in [4.69, 9.17) is 5.73 Å². The summed E-state index contributed by atoms with van der Waals surface area (Å²) in [6, 6.07) is 8.35. The summed E-state index contributed by atoms with van der Waals surface area (Å²) < 4.78 is 39.9. The summed E-state index contributed by atoms with van der Waals surface area (Å²) in [5, 5.41) is 0. The molecule has 0 aromatic heterocycles. The van der Waals surface area contributed by atoms with Gasteiger partial charge in [-0.15, -0.1) is 0 Å². The highest BCUT2D eigenvalue weighted by Crippen LogP contribution is 2.27. The lowest BCUT2D eigenvalue weighted by Gasteiger charge is -2.18. The topological polar surface area (TPSA) is 29.3 Å². The molecule has 2 N–H and O–H groups in total. The molecule has 2 aromatic carbocycles. The number of halogens is 3. The molecule has 0 amide bonds. The number of rotatable bonds is 3. The summed E-state index contributed by atoms with van der Waals surface area (Å²) in [5.41, 5.74) is 7.40. The maximum atomic E-state index is 13.8. The Bertz CT molecular complexity index is 627. The highest BCUT2D eigenvalue weighted by Gasteiger charge is 2.19. The highest BCUT2D eigenvalue weighted by molar-refractivity contribution is 5.49. The van der Waals surface area contributed by atoms with E-state index in [1.807, 2.05) is 25.1 Å². The quantitative estimate of drug-likeness (QED) is 0.875. The number of anilines is 1. The zero-order valence-electron chi connectivity index (χ0n) is 11.2. The summed E-state index contributed by atoms with van der Waals surface area (Å²) in [6.45, 7) is 0. The van der Waals surface area contributed by atoms with Crippen molar-refractivity contribution in [3.8, 4) is 0 Å². The van der Waals surface area contributed by atoms with Crippen molar-refractivity contribution >= 4 is 5.69 Å². The number of benzene rings is 2. The third-order valence-corrected chi connectivity index (χ3v) is 3.15. The van der Waals surface area contributed by atoms with Gasteiger partial charge in [-0.2, -0.15) is 0 Å². The normalized spacial score (nSPS) is 12.3. The first-order valence-electron chi connectivity index (χ1n) is 6.08. The van der Waals surface area contributed by atoms with Gasteiger partial charge in [-0.25, -0.2) is 13.2 Å². The Hall–Kier alpha value is -2.01. The van der Waals surface area contributed by atoms with Crippen LogP contribution in [-0.4, -0.2) is 14.1 Å². The van der Waals surface area contributed by atoms with Crippen LogP contribution in [0.4, 0.5) is 18.9 Å². The second kappa shape index (κ2) is 5.54. The van der Waals surface area contributed by atoms with E-state index in [-0.39, 0.29) is 5.56 Å². The van der Waals surface area contributed by atoms with E-state index in [0.29, 0.717) is 5.56 Å². The average molecular weight is 280 g/mol. The Morgan fingerprint density at radius 1 is 1.00 bits per heavy atom. The standard InChI is InChI=1S/C15H15F3N2/c1-20(2)10-5-3-4-9(8-10)15(19)11-6-7-12(16)14(18)13(11)17/h3-8,15H,19H2,1-2H3. The smallest absolute Gasteiger partial charge is 0.194 e. The summed E-state index contributed by atoms with van der Waals surface area (Å²) >= 11 is 0. The molecule has 5 heteroatoms. The van der Waals surface area contributed by atoms with Gasteiger partial charge in [0.1, 0.15) is 0 Å². The van der Waals surface area contributed by atoms with Crippen molar-refractivity contribution in [3.05, 3.63) is 65.0 Å². The lowest BCUT2D eigenvalue weighted by molar-refractivity contribution is 0.438. The fraction of sp³-hybridized carbons (Fsp3) is 0.200. The largest absolute Gasteiger partial charge is 0.378 e. The fourth-order valence-corrected chi connectivity index (χ4v) is 1.96. The monoisotopic (exact) mass is 280 g/mol. The van der Waals surface area contributed by atoms with Crippen molar-refractivity contribution in [1.82, 2.24) is 0 Å². The summed E-state index contributed by atoms with van der Waals surface area (Å²) in [7, 11) is 3.73. The van der Waals surface area contributed by atoms with Crippen molar-refractivity contribution < 1.29 is 13.2 Å². The molecule has 2 nitrogen and oxygen atoms in total. The molecule has 0 aliphatic carbocycles. The van der Waals surface area contributed by atoms with Crippen LogP contribution in [0.25, 0.3) is 0 Å². The van der Waals surface area contributed by atoms with Gasteiger partial charge in [0.2, 0.25) is 0 Å². The predicted molar refractivity (Wildman–Crippen MR) is 73.1 cm³/mol.